The van der Waals surface area contributed by atoms with Crippen LogP contribution in [0.5, 0.6) is 0 Å². The van der Waals surface area contributed by atoms with Gasteiger partial charge in [0.1, 0.15) is 0 Å². The Morgan fingerprint density at radius 2 is 2.03 bits per heavy atom. The van der Waals surface area contributed by atoms with Gasteiger partial charge in [-0.1, -0.05) is 56.8 Å². The summed E-state index contributed by atoms with van der Waals surface area (Å²) in [5.74, 6) is 0.457. The minimum atomic E-state index is -0.472. The summed E-state index contributed by atoms with van der Waals surface area (Å²) < 4.78 is 9.69. The minimum absolute atomic E-state index is 0.0438. The van der Waals surface area contributed by atoms with Crippen LogP contribution in [-0.4, -0.2) is 23.3 Å². The maximum atomic E-state index is 9.69. The van der Waals surface area contributed by atoms with Gasteiger partial charge in [0, 0.05) is 35.2 Å². The first kappa shape index (κ1) is 22.1. The SMILES string of the molecule is C=C1CCC(NC(=C)C2(C(C)C)CN=C(c3nccc4ccccc34)C2)C1.[F][Hg]. The predicted molar refractivity (Wildman–Crippen MR) is 115 cm³/mol. The molecule has 0 radical (unpaired) electrons. The first-order valence-corrected chi connectivity index (χ1v) is 12.3. The first-order chi connectivity index (χ1) is 14.0. The van der Waals surface area contributed by atoms with Gasteiger partial charge in [0.2, 0.25) is 0 Å². The van der Waals surface area contributed by atoms with Crippen molar-refractivity contribution in [3.63, 3.8) is 0 Å². The number of rotatable bonds is 5. The molecule has 1 aliphatic heterocycles. The Balaban J connectivity index is 0.00000117. The van der Waals surface area contributed by atoms with E-state index in [0.717, 1.165) is 49.3 Å². The molecular weight excluding hydrogens is 550 g/mol. The molecule has 0 spiro atoms. The Bertz CT molecular complexity index is 931. The molecule has 1 aromatic carbocycles. The van der Waals surface area contributed by atoms with Gasteiger partial charge in [0.05, 0.1) is 18.0 Å². The van der Waals surface area contributed by atoms with E-state index >= 15 is 0 Å². The summed E-state index contributed by atoms with van der Waals surface area (Å²) in [5.41, 5.74) is 4.58. The van der Waals surface area contributed by atoms with E-state index in [1.807, 2.05) is 6.20 Å². The third-order valence-corrected chi connectivity index (χ3v) is 6.45. The van der Waals surface area contributed by atoms with Gasteiger partial charge in [0.25, 0.3) is 0 Å². The summed E-state index contributed by atoms with van der Waals surface area (Å²) in [7, 11) is 0. The molecule has 3 nitrogen and oxygen atoms in total. The number of aliphatic imine (C=N–C) groups is 1. The quantitative estimate of drug-likeness (QED) is 0.365. The molecule has 1 fully saturated rings. The second kappa shape index (κ2) is 9.50. The average Bonchev–Trinajstić information content (AvgIpc) is 3.36. The third kappa shape index (κ3) is 4.47. The summed E-state index contributed by atoms with van der Waals surface area (Å²) in [5, 5.41) is 6.13. The second-order valence-corrected chi connectivity index (χ2v) is 8.44. The predicted octanol–water partition coefficient (Wildman–Crippen LogP) is 5.70. The fourth-order valence-corrected chi connectivity index (χ4v) is 4.54. The Morgan fingerprint density at radius 3 is 2.72 bits per heavy atom. The zero-order valence-electron chi connectivity index (χ0n) is 17.5. The van der Waals surface area contributed by atoms with Crippen LogP contribution in [0.1, 0.15) is 45.2 Å². The molecule has 2 unspecified atom stereocenters. The van der Waals surface area contributed by atoms with Gasteiger partial charge in [-0.05, 0) is 36.6 Å². The summed E-state index contributed by atoms with van der Waals surface area (Å²) in [6, 6.07) is 11.0. The van der Waals surface area contributed by atoms with E-state index in [1.165, 1.54) is 16.3 Å². The maximum absolute atomic E-state index is 9.69. The molecule has 4 rings (SSSR count). The van der Waals surface area contributed by atoms with Crippen LogP contribution in [0.2, 0.25) is 0 Å². The number of fused-ring (bicyclic) bond motifs is 1. The van der Waals surface area contributed by atoms with Crippen LogP contribution < -0.4 is 5.32 Å². The van der Waals surface area contributed by atoms with E-state index in [2.05, 4.69) is 62.7 Å². The Kier molecular flexibility index (Phi) is 7.25. The van der Waals surface area contributed by atoms with Crippen molar-refractivity contribution >= 4 is 16.5 Å². The van der Waals surface area contributed by atoms with Crippen molar-refractivity contribution in [2.45, 2.75) is 45.6 Å². The van der Waals surface area contributed by atoms with E-state index in [0.29, 0.717) is 12.0 Å². The number of nitrogens with zero attached hydrogens (tertiary/aromatic N) is 2. The van der Waals surface area contributed by atoms with E-state index in [4.69, 9.17) is 9.98 Å². The molecule has 2 atom stereocenters. The number of hydrogen-bond acceptors (Lipinski definition) is 3. The van der Waals surface area contributed by atoms with Crippen molar-refractivity contribution in [2.24, 2.45) is 16.3 Å². The molecule has 1 saturated carbocycles. The van der Waals surface area contributed by atoms with Crippen LogP contribution in [0.4, 0.5) is 2.47 Å². The topological polar surface area (TPSA) is 37.3 Å². The van der Waals surface area contributed by atoms with Crippen molar-refractivity contribution in [1.82, 2.24) is 10.3 Å². The van der Waals surface area contributed by atoms with Crippen LogP contribution in [0.3, 0.4) is 0 Å². The molecule has 1 aliphatic carbocycles. The fraction of sp³-hybridized carbons (Fsp3) is 0.417. The van der Waals surface area contributed by atoms with Crippen molar-refractivity contribution < 1.29 is 29.2 Å². The van der Waals surface area contributed by atoms with Gasteiger partial charge in [-0.3, -0.25) is 9.98 Å². The Labute approximate surface area is 190 Å². The zero-order chi connectivity index (χ0) is 21.0. The van der Waals surface area contributed by atoms with E-state index in [9.17, 15) is 2.47 Å². The molecule has 149 valence electrons. The Morgan fingerprint density at radius 1 is 1.28 bits per heavy atom. The van der Waals surface area contributed by atoms with Gasteiger partial charge >= 0.3 is 29.2 Å². The zero-order valence-corrected chi connectivity index (χ0v) is 23.0. The monoisotopic (exact) mass is 580 g/mol. The molecule has 29 heavy (non-hydrogen) atoms. The molecule has 0 bridgehead atoms. The summed E-state index contributed by atoms with van der Waals surface area (Å²) in [6.07, 6.45) is 6.13. The number of aromatic nitrogens is 1. The molecule has 1 N–H and O–H groups in total. The van der Waals surface area contributed by atoms with Crippen molar-refractivity contribution in [2.75, 3.05) is 6.54 Å². The first-order valence-electron chi connectivity index (χ1n) is 10.3. The van der Waals surface area contributed by atoms with Gasteiger partial charge < -0.3 is 5.32 Å². The van der Waals surface area contributed by atoms with Gasteiger partial charge in [0.15, 0.2) is 0 Å². The molecular formula is C24H29FHgN3. The molecule has 2 aromatic rings. The van der Waals surface area contributed by atoms with Crippen LogP contribution in [0, 0.1) is 11.3 Å². The van der Waals surface area contributed by atoms with Crippen LogP contribution >= 0.6 is 0 Å². The normalized spacial score (nSPS) is 23.7. The summed E-state index contributed by atoms with van der Waals surface area (Å²) >= 11 is -0.472. The number of nitrogens with one attached hydrogen (secondary N) is 1. The van der Waals surface area contributed by atoms with Crippen molar-refractivity contribution in [3.05, 3.63) is 66.7 Å². The standard InChI is InChI=1S/C24H29N3.FH.Hg/c1-16(2)24(18(4)27-20-10-9-17(3)13-20)14-22(26-15-24)23-21-8-6-5-7-19(21)11-12-25-23;;/h5-8,11-12,16,20,27H,3-4,9-10,13-15H2,1-2H3;1H;/q;;+1/p-1. The molecule has 2 aliphatic rings. The van der Waals surface area contributed by atoms with Gasteiger partial charge in [-0.15, -0.1) is 0 Å². The van der Waals surface area contributed by atoms with Crippen LogP contribution in [-0.2, 0) is 26.8 Å². The number of halogens is 1. The molecule has 1 aromatic heterocycles. The van der Waals surface area contributed by atoms with E-state index in [-0.39, 0.29) is 5.41 Å². The molecule has 5 heteroatoms. The van der Waals surface area contributed by atoms with Crippen LogP contribution in [0.15, 0.2) is 65.9 Å². The second-order valence-electron chi connectivity index (χ2n) is 8.44. The van der Waals surface area contributed by atoms with Crippen molar-refractivity contribution in [3.8, 4) is 0 Å². The number of benzene rings is 1. The Hall–Kier alpha value is -1.55. The van der Waals surface area contributed by atoms with Crippen LogP contribution in [0.25, 0.3) is 10.8 Å². The summed E-state index contributed by atoms with van der Waals surface area (Å²) in [6.45, 7) is 14.0. The van der Waals surface area contributed by atoms with E-state index < -0.39 is 26.8 Å². The third-order valence-electron chi connectivity index (χ3n) is 6.45. The molecule has 0 amide bonds. The molecule has 0 saturated heterocycles. The number of hydrogen-bond donors (Lipinski definition) is 1. The fourth-order valence-electron chi connectivity index (χ4n) is 4.54. The van der Waals surface area contributed by atoms with Gasteiger partial charge in [-0.25, -0.2) is 0 Å². The molecule has 2 heterocycles. The summed E-state index contributed by atoms with van der Waals surface area (Å²) in [4.78, 5) is 9.67. The number of pyridine rings is 1. The van der Waals surface area contributed by atoms with Crippen molar-refractivity contribution in [1.29, 1.82) is 0 Å². The van der Waals surface area contributed by atoms with E-state index in [1.54, 1.807) is 0 Å². The van der Waals surface area contributed by atoms with Gasteiger partial charge in [-0.2, -0.15) is 0 Å². The average molecular weight is 579 g/mol.